The van der Waals surface area contributed by atoms with Gasteiger partial charge in [0.1, 0.15) is 12.4 Å². The van der Waals surface area contributed by atoms with E-state index in [0.717, 1.165) is 16.9 Å². The van der Waals surface area contributed by atoms with Crippen LogP contribution in [0.2, 0.25) is 0 Å². The Bertz CT molecular complexity index is 1120. The van der Waals surface area contributed by atoms with Gasteiger partial charge in [0.15, 0.2) is 0 Å². The Morgan fingerprint density at radius 3 is 2.48 bits per heavy atom. The number of imidazole rings is 1. The fourth-order valence-corrected chi connectivity index (χ4v) is 4.87. The summed E-state index contributed by atoms with van der Waals surface area (Å²) in [7, 11) is -3.58. The minimum absolute atomic E-state index is 0.108. The van der Waals surface area contributed by atoms with Gasteiger partial charge in [-0.1, -0.05) is 39.0 Å². The van der Waals surface area contributed by atoms with Crippen molar-refractivity contribution in [2.75, 3.05) is 18.4 Å². The van der Waals surface area contributed by atoms with Crippen molar-refractivity contribution in [3.05, 3.63) is 54.4 Å². The molecule has 29 heavy (non-hydrogen) atoms. The summed E-state index contributed by atoms with van der Waals surface area (Å²) in [5.41, 5.74) is 2.20. The number of para-hydroxylation sites is 2. The molecule has 154 valence electrons. The van der Waals surface area contributed by atoms with Gasteiger partial charge in [-0.3, -0.25) is 4.79 Å². The van der Waals surface area contributed by atoms with Crippen LogP contribution in [-0.2, 0) is 27.8 Å². The molecule has 0 spiro atoms. The van der Waals surface area contributed by atoms with Gasteiger partial charge in [-0.15, -0.1) is 0 Å². The summed E-state index contributed by atoms with van der Waals surface area (Å²) in [6.07, 6.45) is 0.708. The molecule has 3 rings (SSSR count). The SMILES string of the molecule is CCc1nc2ccccc2n1CC(=O)Nc1cccc(S(=O)(=O)N(CC)CC)c1. The zero-order valence-electron chi connectivity index (χ0n) is 16.9. The fraction of sp³-hybridized carbons (Fsp3) is 0.333. The van der Waals surface area contributed by atoms with Crippen molar-refractivity contribution in [3.8, 4) is 0 Å². The van der Waals surface area contributed by atoms with Crippen molar-refractivity contribution in [2.24, 2.45) is 0 Å². The summed E-state index contributed by atoms with van der Waals surface area (Å²) in [6, 6.07) is 14.1. The maximum Gasteiger partial charge on any atom is 0.244 e. The highest BCUT2D eigenvalue weighted by Crippen LogP contribution is 2.20. The maximum absolute atomic E-state index is 12.7. The van der Waals surface area contributed by atoms with E-state index in [0.29, 0.717) is 25.2 Å². The second-order valence-corrected chi connectivity index (χ2v) is 8.56. The number of nitrogens with one attached hydrogen (secondary N) is 1. The predicted molar refractivity (Wildman–Crippen MR) is 114 cm³/mol. The lowest BCUT2D eigenvalue weighted by atomic mass is 10.3. The lowest BCUT2D eigenvalue weighted by molar-refractivity contribution is -0.116. The van der Waals surface area contributed by atoms with Crippen LogP contribution in [0.15, 0.2) is 53.4 Å². The van der Waals surface area contributed by atoms with E-state index in [1.807, 2.05) is 35.8 Å². The first kappa shape index (κ1) is 21.0. The molecule has 0 bridgehead atoms. The summed E-state index contributed by atoms with van der Waals surface area (Å²) in [6.45, 7) is 6.49. The number of benzene rings is 2. The molecule has 8 heteroatoms. The highest BCUT2D eigenvalue weighted by molar-refractivity contribution is 7.89. The van der Waals surface area contributed by atoms with Crippen LogP contribution < -0.4 is 5.32 Å². The van der Waals surface area contributed by atoms with Crippen LogP contribution in [0.1, 0.15) is 26.6 Å². The van der Waals surface area contributed by atoms with E-state index in [-0.39, 0.29) is 17.3 Å². The van der Waals surface area contributed by atoms with E-state index < -0.39 is 10.0 Å². The van der Waals surface area contributed by atoms with Crippen molar-refractivity contribution >= 4 is 32.7 Å². The molecule has 7 nitrogen and oxygen atoms in total. The average molecular weight is 415 g/mol. The highest BCUT2D eigenvalue weighted by atomic mass is 32.2. The van der Waals surface area contributed by atoms with E-state index in [9.17, 15) is 13.2 Å². The average Bonchev–Trinajstić information content (AvgIpc) is 3.06. The number of hydrogen-bond donors (Lipinski definition) is 1. The first-order valence-corrected chi connectivity index (χ1v) is 11.2. The minimum atomic E-state index is -3.58. The smallest absolute Gasteiger partial charge is 0.244 e. The van der Waals surface area contributed by atoms with Gasteiger partial charge in [-0.05, 0) is 30.3 Å². The van der Waals surface area contributed by atoms with Gasteiger partial charge in [0, 0.05) is 25.2 Å². The Morgan fingerprint density at radius 2 is 1.79 bits per heavy atom. The van der Waals surface area contributed by atoms with Crippen LogP contribution in [-0.4, -0.2) is 41.3 Å². The van der Waals surface area contributed by atoms with E-state index in [2.05, 4.69) is 10.3 Å². The van der Waals surface area contributed by atoms with Crippen molar-refractivity contribution in [1.29, 1.82) is 0 Å². The van der Waals surface area contributed by atoms with Crippen molar-refractivity contribution in [1.82, 2.24) is 13.9 Å². The van der Waals surface area contributed by atoms with E-state index >= 15 is 0 Å². The number of anilines is 1. The van der Waals surface area contributed by atoms with Crippen molar-refractivity contribution < 1.29 is 13.2 Å². The Morgan fingerprint density at radius 1 is 1.07 bits per heavy atom. The molecule has 0 fully saturated rings. The third-order valence-corrected chi connectivity index (χ3v) is 6.86. The Balaban J connectivity index is 1.82. The number of rotatable bonds is 8. The zero-order chi connectivity index (χ0) is 21.0. The maximum atomic E-state index is 12.7. The standard InChI is InChI=1S/C21H26N4O3S/c1-4-20-23-18-12-7-8-13-19(18)25(20)15-21(26)22-16-10-9-11-17(14-16)29(27,28)24(5-2)6-3/h7-14H,4-6,15H2,1-3H3,(H,22,26). The number of carbonyl (C=O) groups is 1. The van der Waals surface area contributed by atoms with Crippen LogP contribution in [0.4, 0.5) is 5.69 Å². The number of aryl methyl sites for hydroxylation is 1. The second-order valence-electron chi connectivity index (χ2n) is 6.62. The molecule has 2 aromatic carbocycles. The number of aromatic nitrogens is 2. The van der Waals surface area contributed by atoms with Crippen molar-refractivity contribution in [3.63, 3.8) is 0 Å². The van der Waals surface area contributed by atoms with Gasteiger partial charge in [0.05, 0.1) is 15.9 Å². The monoisotopic (exact) mass is 414 g/mol. The van der Waals surface area contributed by atoms with Gasteiger partial charge in [-0.25, -0.2) is 13.4 Å². The number of carbonyl (C=O) groups excluding carboxylic acids is 1. The fourth-order valence-electron chi connectivity index (χ4n) is 3.36. The molecule has 0 aliphatic carbocycles. The zero-order valence-corrected chi connectivity index (χ0v) is 17.7. The van der Waals surface area contributed by atoms with Crippen LogP contribution in [0.3, 0.4) is 0 Å². The summed E-state index contributed by atoms with van der Waals surface area (Å²) in [5, 5.41) is 2.81. The van der Waals surface area contributed by atoms with Gasteiger partial charge in [0.2, 0.25) is 15.9 Å². The summed E-state index contributed by atoms with van der Waals surface area (Å²) < 4.78 is 28.7. The molecule has 3 aromatic rings. The minimum Gasteiger partial charge on any atom is -0.324 e. The van der Waals surface area contributed by atoms with Crippen LogP contribution in [0, 0.1) is 0 Å². The van der Waals surface area contributed by atoms with Crippen molar-refractivity contribution in [2.45, 2.75) is 38.6 Å². The largest absolute Gasteiger partial charge is 0.324 e. The Hall–Kier alpha value is -2.71. The summed E-state index contributed by atoms with van der Waals surface area (Å²) >= 11 is 0. The lowest BCUT2D eigenvalue weighted by Gasteiger charge is -2.19. The lowest BCUT2D eigenvalue weighted by Crippen LogP contribution is -2.30. The number of amides is 1. The number of hydrogen-bond acceptors (Lipinski definition) is 4. The van der Waals surface area contributed by atoms with Crippen LogP contribution >= 0.6 is 0 Å². The van der Waals surface area contributed by atoms with Gasteiger partial charge in [0.25, 0.3) is 0 Å². The molecule has 1 aromatic heterocycles. The first-order chi connectivity index (χ1) is 13.9. The molecular formula is C21H26N4O3S. The normalized spacial score (nSPS) is 11.9. The molecule has 1 N–H and O–H groups in total. The molecule has 0 saturated carbocycles. The highest BCUT2D eigenvalue weighted by Gasteiger charge is 2.22. The van der Waals surface area contributed by atoms with Gasteiger partial charge >= 0.3 is 0 Å². The third-order valence-electron chi connectivity index (χ3n) is 4.81. The topological polar surface area (TPSA) is 84.3 Å². The summed E-state index contributed by atoms with van der Waals surface area (Å²) in [4.78, 5) is 17.4. The van der Waals surface area contributed by atoms with Gasteiger partial charge < -0.3 is 9.88 Å². The molecule has 0 atom stereocenters. The van der Waals surface area contributed by atoms with Crippen LogP contribution in [0.5, 0.6) is 0 Å². The first-order valence-electron chi connectivity index (χ1n) is 9.74. The number of nitrogens with zero attached hydrogens (tertiary/aromatic N) is 3. The third kappa shape index (κ3) is 4.33. The molecule has 0 aliphatic heterocycles. The molecule has 1 amide bonds. The quantitative estimate of drug-likeness (QED) is 0.613. The number of fused-ring (bicyclic) bond motifs is 1. The van der Waals surface area contributed by atoms with E-state index in [1.165, 1.54) is 10.4 Å². The second kappa shape index (κ2) is 8.75. The molecule has 0 unspecified atom stereocenters. The molecular weight excluding hydrogens is 388 g/mol. The number of sulfonamides is 1. The van der Waals surface area contributed by atoms with E-state index in [4.69, 9.17) is 0 Å². The summed E-state index contributed by atoms with van der Waals surface area (Å²) in [5.74, 6) is 0.597. The predicted octanol–water partition coefficient (Wildman–Crippen LogP) is 3.27. The van der Waals surface area contributed by atoms with E-state index in [1.54, 1.807) is 32.0 Å². The molecule has 1 heterocycles. The van der Waals surface area contributed by atoms with Crippen LogP contribution in [0.25, 0.3) is 11.0 Å². The molecule has 0 aliphatic rings. The molecule has 0 radical (unpaired) electrons. The molecule has 0 saturated heterocycles. The Kier molecular flexibility index (Phi) is 6.34. The van der Waals surface area contributed by atoms with Gasteiger partial charge in [-0.2, -0.15) is 4.31 Å². The Labute approximate surface area is 171 Å².